The number of carboxylic acids is 1. The van der Waals surface area contributed by atoms with Crippen molar-refractivity contribution in [2.24, 2.45) is 10.8 Å². The maximum atomic E-state index is 11.2. The minimum Gasteiger partial charge on any atom is -0.481 e. The van der Waals surface area contributed by atoms with E-state index in [1.165, 1.54) is 19.3 Å². The summed E-state index contributed by atoms with van der Waals surface area (Å²) in [7, 11) is 0. The molecule has 0 radical (unpaired) electrons. The second kappa shape index (κ2) is 9.45. The summed E-state index contributed by atoms with van der Waals surface area (Å²) >= 11 is 0. The van der Waals surface area contributed by atoms with E-state index in [1.54, 1.807) is 13.8 Å². The fourth-order valence-corrected chi connectivity index (χ4v) is 3.13. The molecule has 0 bridgehead atoms. The minimum absolute atomic E-state index is 0.00379. The third-order valence-corrected chi connectivity index (χ3v) is 4.28. The monoisotopic (exact) mass is 300 g/mol. The van der Waals surface area contributed by atoms with Crippen LogP contribution in [0, 0.1) is 10.8 Å². The Balaban J connectivity index is 3.95. The average Bonchev–Trinajstić information content (AvgIpc) is 2.33. The van der Waals surface area contributed by atoms with Crippen LogP contribution in [0.4, 0.5) is 0 Å². The number of carbonyl (C=O) groups is 1. The van der Waals surface area contributed by atoms with E-state index in [0.29, 0.717) is 6.42 Å². The highest BCUT2D eigenvalue weighted by molar-refractivity contribution is 5.73. The molecule has 0 saturated carbocycles. The molecule has 0 aromatic carbocycles. The summed E-state index contributed by atoms with van der Waals surface area (Å²) in [6, 6.07) is 0. The Hall–Kier alpha value is -0.570. The first-order chi connectivity index (χ1) is 9.60. The highest BCUT2D eigenvalue weighted by Crippen LogP contribution is 2.37. The summed E-state index contributed by atoms with van der Waals surface area (Å²) in [6.45, 7) is 10.0. The molecule has 3 heteroatoms. The lowest BCUT2D eigenvalue weighted by Crippen LogP contribution is -2.30. The lowest BCUT2D eigenvalue weighted by Gasteiger charge is -2.32. The quantitative estimate of drug-likeness (QED) is 0.498. The maximum absolute atomic E-state index is 11.2. The van der Waals surface area contributed by atoms with Crippen LogP contribution in [0.2, 0.25) is 0 Å². The van der Waals surface area contributed by atoms with Gasteiger partial charge in [-0.1, -0.05) is 52.9 Å². The molecule has 21 heavy (non-hydrogen) atoms. The third-order valence-electron chi connectivity index (χ3n) is 4.28. The van der Waals surface area contributed by atoms with E-state index in [9.17, 15) is 15.0 Å². The molecule has 1 atom stereocenters. The van der Waals surface area contributed by atoms with Crippen LogP contribution in [0.5, 0.6) is 0 Å². The van der Waals surface area contributed by atoms with E-state index in [2.05, 4.69) is 20.8 Å². The molecule has 0 aliphatic heterocycles. The zero-order chi connectivity index (χ0) is 16.5. The molecule has 0 spiro atoms. The van der Waals surface area contributed by atoms with Gasteiger partial charge in [0.1, 0.15) is 0 Å². The van der Waals surface area contributed by atoms with Crippen LogP contribution >= 0.6 is 0 Å². The van der Waals surface area contributed by atoms with Gasteiger partial charge in [-0.2, -0.15) is 0 Å². The van der Waals surface area contributed by atoms with E-state index in [4.69, 9.17) is 0 Å². The zero-order valence-corrected chi connectivity index (χ0v) is 14.7. The second-order valence-electron chi connectivity index (χ2n) is 7.93. The topological polar surface area (TPSA) is 57.5 Å². The summed E-state index contributed by atoms with van der Waals surface area (Å²) < 4.78 is 0. The Morgan fingerprint density at radius 2 is 1.57 bits per heavy atom. The van der Waals surface area contributed by atoms with Crippen molar-refractivity contribution < 1.29 is 15.0 Å². The van der Waals surface area contributed by atoms with Crippen molar-refractivity contribution in [1.29, 1.82) is 0 Å². The lowest BCUT2D eigenvalue weighted by atomic mass is 9.72. The van der Waals surface area contributed by atoms with Gasteiger partial charge in [-0.15, -0.1) is 0 Å². The van der Waals surface area contributed by atoms with Crippen molar-refractivity contribution in [2.75, 3.05) is 0 Å². The summed E-state index contributed by atoms with van der Waals surface area (Å²) in [6.07, 6.45) is 8.97. The van der Waals surface area contributed by atoms with Crippen LogP contribution in [0.1, 0.15) is 92.4 Å². The van der Waals surface area contributed by atoms with Crippen molar-refractivity contribution in [3.8, 4) is 0 Å². The van der Waals surface area contributed by atoms with Crippen molar-refractivity contribution in [3.63, 3.8) is 0 Å². The first kappa shape index (κ1) is 20.4. The SMILES string of the molecule is CCCCCCC(O)CCCC(C)(C)CC(C)(C)C(=O)O. The normalized spacial score (nSPS) is 14.2. The molecule has 0 saturated heterocycles. The summed E-state index contributed by atoms with van der Waals surface area (Å²) in [4.78, 5) is 11.2. The van der Waals surface area contributed by atoms with Gasteiger partial charge in [-0.05, 0) is 44.9 Å². The number of rotatable bonds is 12. The molecular weight excluding hydrogens is 264 g/mol. The summed E-state index contributed by atoms with van der Waals surface area (Å²) in [5, 5.41) is 19.2. The zero-order valence-electron chi connectivity index (χ0n) is 14.7. The predicted molar refractivity (Wildman–Crippen MR) is 88.4 cm³/mol. The molecule has 0 rings (SSSR count). The van der Waals surface area contributed by atoms with Crippen molar-refractivity contribution in [1.82, 2.24) is 0 Å². The van der Waals surface area contributed by atoms with Gasteiger partial charge in [0.15, 0.2) is 0 Å². The van der Waals surface area contributed by atoms with Crippen molar-refractivity contribution in [3.05, 3.63) is 0 Å². The Kier molecular flexibility index (Phi) is 9.19. The Morgan fingerprint density at radius 3 is 2.10 bits per heavy atom. The molecule has 1 unspecified atom stereocenters. The van der Waals surface area contributed by atoms with Gasteiger partial charge in [-0.3, -0.25) is 4.79 Å². The number of hydrogen-bond acceptors (Lipinski definition) is 2. The van der Waals surface area contributed by atoms with Crippen LogP contribution in [-0.4, -0.2) is 22.3 Å². The van der Waals surface area contributed by atoms with Crippen LogP contribution in [0.15, 0.2) is 0 Å². The van der Waals surface area contributed by atoms with Gasteiger partial charge in [0.25, 0.3) is 0 Å². The van der Waals surface area contributed by atoms with Crippen LogP contribution < -0.4 is 0 Å². The number of aliphatic hydroxyl groups excluding tert-OH is 1. The predicted octanol–water partition coefficient (Wildman–Crippen LogP) is 5.02. The highest BCUT2D eigenvalue weighted by atomic mass is 16.4. The molecule has 0 fully saturated rings. The van der Waals surface area contributed by atoms with Crippen molar-refractivity contribution in [2.45, 2.75) is 98.5 Å². The molecule has 2 N–H and O–H groups in total. The number of aliphatic hydroxyl groups is 1. The van der Waals surface area contributed by atoms with E-state index < -0.39 is 11.4 Å². The fourth-order valence-electron chi connectivity index (χ4n) is 3.13. The number of carboxylic acid groups (broad SMARTS) is 1. The standard InChI is InChI=1S/C18H36O3/c1-6-7-8-9-11-15(19)12-10-13-17(2,3)14-18(4,5)16(20)21/h15,19H,6-14H2,1-5H3,(H,20,21). The Morgan fingerprint density at radius 1 is 1.00 bits per heavy atom. The molecule has 0 aromatic rings. The number of unbranched alkanes of at least 4 members (excludes halogenated alkanes) is 3. The molecule has 3 nitrogen and oxygen atoms in total. The first-order valence-electron chi connectivity index (χ1n) is 8.52. The fraction of sp³-hybridized carbons (Fsp3) is 0.944. The first-order valence-corrected chi connectivity index (χ1v) is 8.52. The van der Waals surface area contributed by atoms with E-state index in [-0.39, 0.29) is 11.5 Å². The van der Waals surface area contributed by atoms with Gasteiger partial charge in [0, 0.05) is 0 Å². The maximum Gasteiger partial charge on any atom is 0.309 e. The average molecular weight is 300 g/mol. The second-order valence-corrected chi connectivity index (χ2v) is 7.93. The Labute approximate surface area is 131 Å². The molecule has 0 heterocycles. The van der Waals surface area contributed by atoms with Gasteiger partial charge >= 0.3 is 5.97 Å². The van der Waals surface area contributed by atoms with Gasteiger partial charge in [0.2, 0.25) is 0 Å². The Bertz CT molecular complexity index is 295. The van der Waals surface area contributed by atoms with Crippen LogP contribution in [0.25, 0.3) is 0 Å². The third kappa shape index (κ3) is 9.89. The van der Waals surface area contributed by atoms with Crippen LogP contribution in [0.3, 0.4) is 0 Å². The molecule has 0 aliphatic rings. The van der Waals surface area contributed by atoms with Gasteiger partial charge in [-0.25, -0.2) is 0 Å². The number of aliphatic carboxylic acids is 1. The lowest BCUT2D eigenvalue weighted by molar-refractivity contribution is -0.148. The van der Waals surface area contributed by atoms with Gasteiger partial charge < -0.3 is 10.2 Å². The van der Waals surface area contributed by atoms with Crippen LogP contribution in [-0.2, 0) is 4.79 Å². The largest absolute Gasteiger partial charge is 0.481 e. The molecule has 0 aromatic heterocycles. The molecule has 126 valence electrons. The summed E-state index contributed by atoms with van der Waals surface area (Å²) in [5.41, 5.74) is -0.675. The van der Waals surface area contributed by atoms with Gasteiger partial charge in [0.05, 0.1) is 11.5 Å². The van der Waals surface area contributed by atoms with Crippen molar-refractivity contribution >= 4 is 5.97 Å². The van der Waals surface area contributed by atoms with E-state index in [0.717, 1.165) is 32.1 Å². The van der Waals surface area contributed by atoms with E-state index in [1.807, 2.05) is 0 Å². The highest BCUT2D eigenvalue weighted by Gasteiger charge is 2.34. The molecular formula is C18H36O3. The summed E-state index contributed by atoms with van der Waals surface area (Å²) in [5.74, 6) is -0.730. The minimum atomic E-state index is -0.730. The smallest absolute Gasteiger partial charge is 0.309 e. The van der Waals surface area contributed by atoms with E-state index >= 15 is 0 Å². The molecule has 0 amide bonds. The number of hydrogen-bond donors (Lipinski definition) is 2. The molecule has 0 aliphatic carbocycles.